The largest absolute Gasteiger partial charge is 2.00 e. The summed E-state index contributed by atoms with van der Waals surface area (Å²) in [4.78, 5) is 15.6. The van der Waals surface area contributed by atoms with Gasteiger partial charge in [0.25, 0.3) is 0 Å². The molecule has 28 heteroatoms. The molecule has 2 radical (unpaired) electrons. The topological polar surface area (TPSA) is 631 Å². The van der Waals surface area contributed by atoms with E-state index in [1.165, 1.54) is 0 Å². The van der Waals surface area contributed by atoms with Crippen molar-refractivity contribution in [2.24, 2.45) is 31.8 Å². The minimum atomic E-state index is -1.63. The van der Waals surface area contributed by atoms with E-state index in [0.29, 0.717) is 52.4 Å². The molecule has 0 amide bonds. The monoisotopic (exact) mass is 800 g/mol. The number of aliphatic imine (C=N–C) groups is 4. The molecule has 0 aromatic heterocycles. The van der Waals surface area contributed by atoms with Crippen molar-refractivity contribution in [1.29, 1.82) is 0 Å². The molecular formula is C18H58Cu2N8O18. The van der Waals surface area contributed by atoms with Crippen LogP contribution in [0.4, 0.5) is 0 Å². The van der Waals surface area contributed by atoms with Crippen molar-refractivity contribution in [2.45, 2.75) is 0 Å². The predicted molar refractivity (Wildman–Crippen MR) is 158 cm³/mol. The van der Waals surface area contributed by atoms with Crippen molar-refractivity contribution in [3.63, 3.8) is 0 Å². The first-order valence-corrected chi connectivity index (χ1v) is 10.3. The van der Waals surface area contributed by atoms with Crippen LogP contribution >= 0.6 is 0 Å². The van der Waals surface area contributed by atoms with Crippen LogP contribution in [0.5, 0.6) is 0 Å². The molecule has 0 aromatic carbocycles. The van der Waals surface area contributed by atoms with Crippen LogP contribution in [0.1, 0.15) is 0 Å². The molecule has 0 spiro atoms. The normalized spacial score (nSPS) is 17.7. The van der Waals surface area contributed by atoms with Crippen molar-refractivity contribution >= 4 is 23.6 Å². The van der Waals surface area contributed by atoms with E-state index in [1.807, 2.05) is 0 Å². The molecule has 2 heterocycles. The third-order valence-electron chi connectivity index (χ3n) is 4.58. The smallest absolute Gasteiger partial charge is 0.862 e. The van der Waals surface area contributed by atoms with Gasteiger partial charge in [0.1, 0.15) is 0 Å². The molecule has 46 heavy (non-hydrogen) atoms. The fourth-order valence-corrected chi connectivity index (χ4v) is 3.01. The van der Waals surface area contributed by atoms with Crippen LogP contribution in [0.15, 0.2) is 20.0 Å². The summed E-state index contributed by atoms with van der Waals surface area (Å²) in [5.74, 6) is -6.62. The van der Waals surface area contributed by atoms with Gasteiger partial charge in [-0.1, -0.05) is 0 Å². The minimum Gasteiger partial charge on any atom is -0.862 e. The summed E-state index contributed by atoms with van der Waals surface area (Å²) in [6.45, 7) is 4.96. The molecule has 26 nitrogen and oxygen atoms in total. The maximum Gasteiger partial charge on any atom is 2.00 e. The van der Waals surface area contributed by atoms with E-state index in [0.717, 1.165) is 0 Å². The quantitative estimate of drug-likeness (QED) is 0.184. The molecule has 32 N–H and O–H groups in total. The molecule has 2 aliphatic heterocycles. The third kappa shape index (κ3) is 36.7. The average molecular weight is 802 g/mol. The maximum absolute atomic E-state index is 12.7. The van der Waals surface area contributed by atoms with Crippen LogP contribution in [-0.4, -0.2) is 179 Å². The Balaban J connectivity index is -0.0000000462. The number of nitrogens with one attached hydrogen (secondary N) is 4. The van der Waals surface area contributed by atoms with Gasteiger partial charge >= 0.3 is 34.1 Å². The number of nitrogens with zero attached hydrogens (tertiary/aromatic N) is 4. The van der Waals surface area contributed by atoms with Gasteiger partial charge in [-0.25, -0.2) is 0 Å². The first-order chi connectivity index (χ1) is 14.6. The second kappa shape index (κ2) is 58.7. The molecule has 300 valence electrons. The standard InChI is InChI=1S/C18H34N8O4.2Cu.14H2O/c27-15-13(16(28)24-10-6-20-2-1-19-5-9-23-15)14-17(29)25-11-7-21-3-4-22-8-12-26-18(14)30;;;;;;;;;;;;;;;;/h13-14,19-22H,1-12H2,(H,23,27)(H,24,28)(H,25,29)(H,26,30);;;14*1H2/q;2*+2;;;;;;;;;;;;;;/p-4. The van der Waals surface area contributed by atoms with Crippen molar-refractivity contribution in [2.75, 3.05) is 78.5 Å². The van der Waals surface area contributed by atoms with E-state index in [9.17, 15) is 20.4 Å². The van der Waals surface area contributed by atoms with Gasteiger partial charge in [0.05, 0.1) is 26.2 Å². The Hall–Kier alpha value is -1.80. The average Bonchev–Trinajstić information content (AvgIpc) is 2.75. The fraction of sp³-hybridized carbons (Fsp3) is 0.778. The van der Waals surface area contributed by atoms with Crippen LogP contribution in [0.25, 0.3) is 0 Å². The van der Waals surface area contributed by atoms with Crippen molar-refractivity contribution in [3.05, 3.63) is 0 Å². The van der Waals surface area contributed by atoms with Gasteiger partial charge in [0.2, 0.25) is 0 Å². The summed E-state index contributed by atoms with van der Waals surface area (Å²) in [5, 5.41) is 63.4. The van der Waals surface area contributed by atoms with Crippen LogP contribution in [0.3, 0.4) is 0 Å². The van der Waals surface area contributed by atoms with E-state index >= 15 is 0 Å². The van der Waals surface area contributed by atoms with Crippen LogP contribution in [0.2, 0.25) is 0 Å². The van der Waals surface area contributed by atoms with Gasteiger partial charge in [-0.3, -0.25) is 0 Å². The summed E-state index contributed by atoms with van der Waals surface area (Å²) < 4.78 is 0. The van der Waals surface area contributed by atoms with Gasteiger partial charge in [0.15, 0.2) is 0 Å². The first kappa shape index (κ1) is 96.7. The van der Waals surface area contributed by atoms with Gasteiger partial charge in [-0.15, -0.1) is 0 Å². The SMILES string of the molecule is O.O.O.O.O.O.O.O.O.O.O.O.O.O.[Cu+2].[Cu+2].[O-]C1=NCCNCCNCCN=C([O-])C1C1C([O-])=NCCNCCNCCN=C1[O-]. The fourth-order valence-electron chi connectivity index (χ4n) is 3.01. The van der Waals surface area contributed by atoms with E-state index in [-0.39, 0.29) is 137 Å². The number of hydrogen-bond acceptors (Lipinski definition) is 12. The molecule has 0 aromatic rings. The zero-order valence-electron chi connectivity index (χ0n) is 24.7. The molecule has 0 saturated carbocycles. The van der Waals surface area contributed by atoms with Gasteiger partial charge in [0, 0.05) is 64.2 Å². The van der Waals surface area contributed by atoms with Gasteiger partial charge in [-0.2, -0.15) is 0 Å². The molecule has 2 rings (SSSR count). The third-order valence-corrected chi connectivity index (χ3v) is 4.58. The Morgan fingerprint density at radius 1 is 0.326 bits per heavy atom. The Morgan fingerprint density at radius 2 is 0.478 bits per heavy atom. The number of hydrogen-bond donors (Lipinski definition) is 4. The van der Waals surface area contributed by atoms with E-state index in [2.05, 4.69) is 41.2 Å². The summed E-state index contributed by atoms with van der Waals surface area (Å²) in [5.41, 5.74) is 0. The zero-order valence-corrected chi connectivity index (χ0v) is 26.5. The summed E-state index contributed by atoms with van der Waals surface area (Å²) in [6.07, 6.45) is 0. The van der Waals surface area contributed by atoms with E-state index in [1.54, 1.807) is 0 Å². The minimum absolute atomic E-state index is 0. The summed E-state index contributed by atoms with van der Waals surface area (Å²) >= 11 is 0. The molecule has 0 bridgehead atoms. The van der Waals surface area contributed by atoms with Crippen LogP contribution in [-0.2, 0) is 34.1 Å². The second-order valence-corrected chi connectivity index (χ2v) is 6.84. The molecule has 0 fully saturated rings. The van der Waals surface area contributed by atoms with E-state index in [4.69, 9.17) is 0 Å². The predicted octanol–water partition coefficient (Wildman–Crippen LogP) is -17.9. The van der Waals surface area contributed by atoms with Crippen molar-refractivity contribution in [1.82, 2.24) is 21.3 Å². The molecule has 0 saturated heterocycles. The van der Waals surface area contributed by atoms with Crippen molar-refractivity contribution < 1.29 is 131 Å². The van der Waals surface area contributed by atoms with Crippen LogP contribution in [0, 0.1) is 11.8 Å². The molecule has 0 unspecified atom stereocenters. The summed E-state index contributed by atoms with van der Waals surface area (Å²) in [7, 11) is 0. The Bertz CT molecular complexity index is 569. The van der Waals surface area contributed by atoms with Crippen molar-refractivity contribution in [3.8, 4) is 0 Å². The molecule has 0 atom stereocenters. The maximum atomic E-state index is 12.7. The Labute approximate surface area is 286 Å². The molecule has 2 aliphatic rings. The number of rotatable bonds is 1. The molecule has 0 aliphatic carbocycles. The van der Waals surface area contributed by atoms with Gasteiger partial charge < -0.3 is 138 Å². The van der Waals surface area contributed by atoms with Gasteiger partial charge in [-0.05, 0) is 23.6 Å². The van der Waals surface area contributed by atoms with Crippen LogP contribution < -0.4 is 41.7 Å². The second-order valence-electron chi connectivity index (χ2n) is 6.84. The summed E-state index contributed by atoms with van der Waals surface area (Å²) in [6, 6.07) is 0. The Kier molecular flexibility index (Phi) is 123. The van der Waals surface area contributed by atoms with E-state index < -0.39 is 35.4 Å². The zero-order chi connectivity index (χ0) is 21.6. The molecular weight excluding hydrogens is 743 g/mol. The Morgan fingerprint density at radius 3 is 0.630 bits per heavy atom. The first-order valence-electron chi connectivity index (χ1n) is 10.3.